The van der Waals surface area contributed by atoms with Crippen LogP contribution in [0.15, 0.2) is 9.59 Å². The number of aromatic amines is 1. The zero-order chi connectivity index (χ0) is 14.3. The van der Waals surface area contributed by atoms with Crippen molar-refractivity contribution < 1.29 is 0 Å². The number of imidazole rings is 1. The highest BCUT2D eigenvalue weighted by atomic mass is 16.2. The van der Waals surface area contributed by atoms with E-state index in [1.807, 2.05) is 0 Å². The van der Waals surface area contributed by atoms with Crippen molar-refractivity contribution in [3.05, 3.63) is 20.8 Å². The summed E-state index contributed by atoms with van der Waals surface area (Å²) in [5, 5.41) is 3.24. The summed E-state index contributed by atoms with van der Waals surface area (Å²) < 4.78 is 2.47. The second-order valence-corrected chi connectivity index (χ2v) is 5.52. The van der Waals surface area contributed by atoms with E-state index < -0.39 is 0 Å². The Morgan fingerprint density at radius 2 is 1.95 bits per heavy atom. The maximum Gasteiger partial charge on any atom is 0.332 e. The highest BCUT2D eigenvalue weighted by Gasteiger charge is 2.16. The lowest BCUT2D eigenvalue weighted by molar-refractivity contribution is 0.578. The van der Waals surface area contributed by atoms with Crippen molar-refractivity contribution in [2.75, 3.05) is 11.9 Å². The van der Waals surface area contributed by atoms with E-state index in [9.17, 15) is 9.59 Å². The molecule has 20 heavy (non-hydrogen) atoms. The minimum Gasteiger partial charge on any atom is -0.355 e. The van der Waals surface area contributed by atoms with Crippen molar-refractivity contribution in [2.45, 2.75) is 25.7 Å². The summed E-state index contributed by atoms with van der Waals surface area (Å²) in [6, 6.07) is 0. The molecule has 0 amide bonds. The molecule has 1 fully saturated rings. The van der Waals surface area contributed by atoms with E-state index in [0.717, 1.165) is 11.1 Å². The van der Waals surface area contributed by atoms with E-state index in [2.05, 4.69) is 15.3 Å². The molecule has 0 unspecified atom stereocenters. The number of anilines is 1. The first kappa shape index (κ1) is 13.0. The first-order valence-corrected chi connectivity index (χ1v) is 6.97. The molecule has 2 N–H and O–H groups in total. The van der Waals surface area contributed by atoms with Gasteiger partial charge in [0.25, 0.3) is 5.56 Å². The fourth-order valence-corrected chi connectivity index (χ4v) is 2.87. The average molecular weight is 277 g/mol. The summed E-state index contributed by atoms with van der Waals surface area (Å²) in [5.41, 5.74) is 0.0522. The summed E-state index contributed by atoms with van der Waals surface area (Å²) >= 11 is 0. The van der Waals surface area contributed by atoms with Gasteiger partial charge in [0, 0.05) is 20.6 Å². The van der Waals surface area contributed by atoms with Crippen LogP contribution >= 0.6 is 0 Å². The fourth-order valence-electron chi connectivity index (χ4n) is 2.87. The molecule has 0 spiro atoms. The summed E-state index contributed by atoms with van der Waals surface area (Å²) in [7, 11) is 3.09. The van der Waals surface area contributed by atoms with Gasteiger partial charge in [-0.1, -0.05) is 12.8 Å². The van der Waals surface area contributed by atoms with Gasteiger partial charge in [-0.05, 0) is 18.8 Å². The Balaban J connectivity index is 1.94. The maximum absolute atomic E-state index is 12.0. The fraction of sp³-hybridized carbons (Fsp3) is 0.615. The number of hydrogen-bond donors (Lipinski definition) is 2. The first-order chi connectivity index (χ1) is 9.58. The monoisotopic (exact) mass is 277 g/mol. The minimum absolute atomic E-state index is 0.343. The summed E-state index contributed by atoms with van der Waals surface area (Å²) in [4.78, 5) is 31.2. The van der Waals surface area contributed by atoms with Crippen LogP contribution in [-0.2, 0) is 14.1 Å². The van der Waals surface area contributed by atoms with E-state index in [-0.39, 0.29) is 11.2 Å². The molecule has 1 saturated carbocycles. The van der Waals surface area contributed by atoms with Crippen molar-refractivity contribution in [3.8, 4) is 0 Å². The lowest BCUT2D eigenvalue weighted by Crippen LogP contribution is -2.36. The van der Waals surface area contributed by atoms with Crippen LogP contribution in [0, 0.1) is 5.92 Å². The number of aryl methyl sites for hydroxylation is 1. The molecule has 7 nitrogen and oxygen atoms in total. The molecule has 2 aromatic rings. The van der Waals surface area contributed by atoms with Crippen LogP contribution in [0.4, 0.5) is 5.95 Å². The van der Waals surface area contributed by atoms with Crippen LogP contribution in [0.5, 0.6) is 0 Å². The topological polar surface area (TPSA) is 84.7 Å². The highest BCUT2D eigenvalue weighted by molar-refractivity contribution is 5.72. The van der Waals surface area contributed by atoms with Crippen molar-refractivity contribution >= 4 is 17.1 Å². The zero-order valence-electron chi connectivity index (χ0n) is 11.8. The Bertz CT molecular complexity index is 748. The molecular weight excluding hydrogens is 258 g/mol. The Morgan fingerprint density at radius 3 is 2.65 bits per heavy atom. The van der Waals surface area contributed by atoms with Crippen LogP contribution in [0.25, 0.3) is 11.2 Å². The predicted molar refractivity (Wildman–Crippen MR) is 77.0 cm³/mol. The van der Waals surface area contributed by atoms with Crippen molar-refractivity contribution in [2.24, 2.45) is 20.0 Å². The molecular formula is C13H19N5O2. The second kappa shape index (κ2) is 4.81. The number of H-pyrrole nitrogens is 1. The minimum atomic E-state index is -0.364. The maximum atomic E-state index is 12.0. The van der Waals surface area contributed by atoms with Crippen LogP contribution in [0.3, 0.4) is 0 Å². The molecule has 0 bridgehead atoms. The van der Waals surface area contributed by atoms with Crippen LogP contribution in [0.2, 0.25) is 0 Å². The second-order valence-electron chi connectivity index (χ2n) is 5.52. The molecule has 3 rings (SSSR count). The molecule has 0 aliphatic heterocycles. The van der Waals surface area contributed by atoms with Gasteiger partial charge in [0.2, 0.25) is 5.95 Å². The van der Waals surface area contributed by atoms with Gasteiger partial charge in [0.05, 0.1) is 0 Å². The third-order valence-corrected chi connectivity index (χ3v) is 4.13. The molecule has 2 heterocycles. The van der Waals surface area contributed by atoms with E-state index >= 15 is 0 Å². The van der Waals surface area contributed by atoms with Crippen molar-refractivity contribution in [1.82, 2.24) is 19.1 Å². The normalized spacial score (nSPS) is 16.1. The third-order valence-electron chi connectivity index (χ3n) is 4.13. The largest absolute Gasteiger partial charge is 0.355 e. The number of nitrogens with zero attached hydrogens (tertiary/aromatic N) is 3. The Hall–Kier alpha value is -2.05. The lowest BCUT2D eigenvalue weighted by Gasteiger charge is -2.08. The molecule has 0 saturated heterocycles. The molecule has 108 valence electrons. The number of rotatable bonds is 3. The molecule has 0 atom stereocenters. The van der Waals surface area contributed by atoms with Gasteiger partial charge in [-0.3, -0.25) is 13.9 Å². The highest BCUT2D eigenvalue weighted by Crippen LogP contribution is 2.24. The van der Waals surface area contributed by atoms with Gasteiger partial charge in [-0.2, -0.15) is 4.98 Å². The molecule has 2 aromatic heterocycles. The summed E-state index contributed by atoms with van der Waals surface area (Å²) in [6.07, 6.45) is 5.07. The first-order valence-electron chi connectivity index (χ1n) is 6.97. The Kier molecular flexibility index (Phi) is 3.11. The van der Waals surface area contributed by atoms with E-state index in [0.29, 0.717) is 23.0 Å². The zero-order valence-corrected chi connectivity index (χ0v) is 11.8. The van der Waals surface area contributed by atoms with Crippen molar-refractivity contribution in [3.63, 3.8) is 0 Å². The smallest absolute Gasteiger partial charge is 0.332 e. The Labute approximate surface area is 115 Å². The van der Waals surface area contributed by atoms with Gasteiger partial charge in [0.15, 0.2) is 11.2 Å². The molecule has 0 radical (unpaired) electrons. The quantitative estimate of drug-likeness (QED) is 0.858. The lowest BCUT2D eigenvalue weighted by atomic mass is 10.1. The van der Waals surface area contributed by atoms with Gasteiger partial charge < -0.3 is 10.3 Å². The van der Waals surface area contributed by atoms with Crippen LogP contribution < -0.4 is 16.6 Å². The third kappa shape index (κ3) is 2.03. The van der Waals surface area contributed by atoms with E-state index in [1.54, 1.807) is 7.05 Å². The standard InChI is InChI=1S/C13H19N5O2/c1-17-10-9(11(19)18(2)13(17)20)15-12(16-10)14-7-8-5-3-4-6-8/h8H,3-7H2,1-2H3,(H2,14,15,16). The number of aromatic nitrogens is 4. The molecule has 7 heteroatoms. The van der Waals surface area contributed by atoms with Crippen LogP contribution in [-0.4, -0.2) is 25.6 Å². The Morgan fingerprint density at radius 1 is 1.25 bits per heavy atom. The predicted octanol–water partition coefficient (Wildman–Crippen LogP) is 0.562. The number of fused-ring (bicyclic) bond motifs is 1. The van der Waals surface area contributed by atoms with Gasteiger partial charge in [-0.25, -0.2) is 4.79 Å². The summed E-state index contributed by atoms with van der Waals surface area (Å²) in [6.45, 7) is 0.855. The van der Waals surface area contributed by atoms with Gasteiger partial charge in [0.1, 0.15) is 0 Å². The van der Waals surface area contributed by atoms with Crippen molar-refractivity contribution in [1.29, 1.82) is 0 Å². The molecule has 0 aromatic carbocycles. The molecule has 1 aliphatic carbocycles. The van der Waals surface area contributed by atoms with E-state index in [1.165, 1.54) is 37.3 Å². The van der Waals surface area contributed by atoms with Crippen LogP contribution in [0.1, 0.15) is 25.7 Å². The number of nitrogens with one attached hydrogen (secondary N) is 2. The van der Waals surface area contributed by atoms with Gasteiger partial charge in [-0.15, -0.1) is 0 Å². The summed E-state index contributed by atoms with van der Waals surface area (Å²) in [5.74, 6) is 1.24. The average Bonchev–Trinajstić information content (AvgIpc) is 3.09. The van der Waals surface area contributed by atoms with E-state index in [4.69, 9.17) is 0 Å². The van der Waals surface area contributed by atoms with Gasteiger partial charge >= 0.3 is 5.69 Å². The molecule has 1 aliphatic rings. The SMILES string of the molecule is Cn1c(=O)c2[nH]c(NCC3CCCC3)nc2n(C)c1=O. The number of hydrogen-bond acceptors (Lipinski definition) is 4.